The molecule has 0 saturated carbocycles. The molecule has 0 saturated heterocycles. The third kappa shape index (κ3) is 2.89. The van der Waals surface area contributed by atoms with E-state index < -0.39 is 12.0 Å². The molecule has 1 heterocycles. The van der Waals surface area contributed by atoms with Gasteiger partial charge in [-0.3, -0.25) is 9.48 Å². The second kappa shape index (κ2) is 4.40. The van der Waals surface area contributed by atoms with Gasteiger partial charge in [-0.05, 0) is 6.07 Å². The molecule has 1 aromatic rings. The molecule has 1 aromatic heterocycles. The molecule has 1 atom stereocenters. The van der Waals surface area contributed by atoms with Crippen LogP contribution in [0.2, 0.25) is 0 Å². The summed E-state index contributed by atoms with van der Waals surface area (Å²) in [7, 11) is 0. The van der Waals surface area contributed by atoms with Crippen LogP contribution >= 0.6 is 0 Å². The van der Waals surface area contributed by atoms with Crippen molar-refractivity contribution in [2.75, 3.05) is 0 Å². The molecule has 0 aliphatic rings. The van der Waals surface area contributed by atoms with Gasteiger partial charge in [-0.2, -0.15) is 5.10 Å². The number of carboxylic acid groups (broad SMARTS) is 1. The number of amides is 1. The van der Waals surface area contributed by atoms with E-state index in [2.05, 4.69) is 10.4 Å². The van der Waals surface area contributed by atoms with Gasteiger partial charge in [0.25, 0.3) is 0 Å². The van der Waals surface area contributed by atoms with Crippen LogP contribution in [0.1, 0.15) is 6.92 Å². The van der Waals surface area contributed by atoms with Crippen LogP contribution in [0, 0.1) is 0 Å². The van der Waals surface area contributed by atoms with Gasteiger partial charge in [0.2, 0.25) is 5.91 Å². The SMILES string of the molecule is CC(=O)N[C@H](Cn1cccn1)C(=O)O. The highest BCUT2D eigenvalue weighted by Gasteiger charge is 2.18. The van der Waals surface area contributed by atoms with Gasteiger partial charge in [0.1, 0.15) is 6.04 Å². The van der Waals surface area contributed by atoms with Crippen molar-refractivity contribution in [3.8, 4) is 0 Å². The van der Waals surface area contributed by atoms with E-state index in [4.69, 9.17) is 5.11 Å². The minimum absolute atomic E-state index is 0.127. The first-order valence-corrected chi connectivity index (χ1v) is 4.07. The van der Waals surface area contributed by atoms with Gasteiger partial charge >= 0.3 is 5.97 Å². The van der Waals surface area contributed by atoms with E-state index in [-0.39, 0.29) is 12.5 Å². The van der Waals surface area contributed by atoms with Gasteiger partial charge in [0, 0.05) is 19.3 Å². The molecule has 0 radical (unpaired) electrons. The number of nitrogens with zero attached hydrogens (tertiary/aromatic N) is 2. The fraction of sp³-hybridized carbons (Fsp3) is 0.375. The zero-order valence-corrected chi connectivity index (χ0v) is 7.67. The molecule has 0 aromatic carbocycles. The monoisotopic (exact) mass is 197 g/mol. The number of hydrogen-bond donors (Lipinski definition) is 2. The van der Waals surface area contributed by atoms with Gasteiger partial charge in [-0.1, -0.05) is 0 Å². The van der Waals surface area contributed by atoms with Crippen LogP contribution in [0.15, 0.2) is 18.5 Å². The third-order valence-electron chi connectivity index (χ3n) is 1.60. The summed E-state index contributed by atoms with van der Waals surface area (Å²) < 4.78 is 1.45. The number of nitrogens with one attached hydrogen (secondary N) is 1. The Bertz CT molecular complexity index is 321. The number of aromatic nitrogens is 2. The molecule has 1 rings (SSSR count). The largest absolute Gasteiger partial charge is 0.480 e. The first-order valence-electron chi connectivity index (χ1n) is 4.07. The molecule has 6 heteroatoms. The van der Waals surface area contributed by atoms with E-state index in [0.717, 1.165) is 0 Å². The van der Waals surface area contributed by atoms with Crippen molar-refractivity contribution in [1.82, 2.24) is 15.1 Å². The maximum atomic E-state index is 10.7. The topological polar surface area (TPSA) is 84.2 Å². The minimum atomic E-state index is -1.07. The number of aliphatic carboxylic acids is 1. The Morgan fingerprint density at radius 2 is 2.36 bits per heavy atom. The predicted octanol–water partition coefficient (Wildman–Crippen LogP) is -0.528. The maximum Gasteiger partial charge on any atom is 0.328 e. The fourth-order valence-electron chi connectivity index (χ4n) is 1.03. The molecule has 76 valence electrons. The zero-order valence-electron chi connectivity index (χ0n) is 7.67. The van der Waals surface area contributed by atoms with Crippen LogP contribution in [-0.2, 0) is 16.1 Å². The highest BCUT2D eigenvalue weighted by Crippen LogP contribution is 1.92. The minimum Gasteiger partial charge on any atom is -0.480 e. The van der Waals surface area contributed by atoms with E-state index in [1.54, 1.807) is 18.5 Å². The molecular formula is C8H11N3O3. The number of carbonyl (C=O) groups excluding carboxylic acids is 1. The van der Waals surface area contributed by atoms with Crippen molar-refractivity contribution in [3.05, 3.63) is 18.5 Å². The van der Waals surface area contributed by atoms with Crippen LogP contribution in [0.4, 0.5) is 0 Å². The second-order valence-corrected chi connectivity index (χ2v) is 2.82. The molecule has 0 aliphatic carbocycles. The summed E-state index contributed by atoms with van der Waals surface area (Å²) in [5, 5.41) is 14.9. The molecule has 6 nitrogen and oxygen atoms in total. The van der Waals surface area contributed by atoms with Gasteiger partial charge in [0.05, 0.1) is 6.54 Å². The van der Waals surface area contributed by atoms with Crippen LogP contribution in [-0.4, -0.2) is 32.8 Å². The number of hydrogen-bond acceptors (Lipinski definition) is 3. The Labute approximate surface area is 80.5 Å². The molecule has 2 N–H and O–H groups in total. The molecule has 0 unspecified atom stereocenters. The molecule has 14 heavy (non-hydrogen) atoms. The van der Waals surface area contributed by atoms with Crippen LogP contribution in [0.5, 0.6) is 0 Å². The lowest BCUT2D eigenvalue weighted by atomic mass is 10.3. The summed E-state index contributed by atoms with van der Waals surface area (Å²) in [6, 6.07) is 0.750. The van der Waals surface area contributed by atoms with Crippen molar-refractivity contribution in [2.24, 2.45) is 0 Å². The number of carboxylic acids is 1. The highest BCUT2D eigenvalue weighted by atomic mass is 16.4. The van der Waals surface area contributed by atoms with Crippen LogP contribution in [0.25, 0.3) is 0 Å². The molecule has 0 fully saturated rings. The Morgan fingerprint density at radius 3 is 2.79 bits per heavy atom. The quantitative estimate of drug-likeness (QED) is 0.679. The molecule has 0 aliphatic heterocycles. The van der Waals surface area contributed by atoms with Gasteiger partial charge in [0.15, 0.2) is 0 Å². The summed E-state index contributed by atoms with van der Waals surface area (Å²) in [5.74, 6) is -1.44. The number of rotatable bonds is 4. The molecule has 0 spiro atoms. The zero-order chi connectivity index (χ0) is 10.6. The lowest BCUT2D eigenvalue weighted by molar-refractivity contribution is -0.142. The van der Waals surface area contributed by atoms with E-state index in [9.17, 15) is 9.59 Å². The standard InChI is InChI=1S/C8H11N3O3/c1-6(12)10-7(8(13)14)5-11-4-2-3-9-11/h2-4,7H,5H2,1H3,(H,10,12)(H,13,14)/t7-/m1/s1. The van der Waals surface area contributed by atoms with Crippen molar-refractivity contribution in [2.45, 2.75) is 19.5 Å². The Balaban J connectivity index is 2.60. The predicted molar refractivity (Wildman–Crippen MR) is 47.5 cm³/mol. The van der Waals surface area contributed by atoms with Gasteiger partial charge in [-0.25, -0.2) is 4.79 Å². The Kier molecular flexibility index (Phi) is 3.22. The Morgan fingerprint density at radius 1 is 1.64 bits per heavy atom. The van der Waals surface area contributed by atoms with E-state index >= 15 is 0 Å². The summed E-state index contributed by atoms with van der Waals surface area (Å²) in [6.45, 7) is 1.40. The molecule has 0 bridgehead atoms. The van der Waals surface area contributed by atoms with Crippen molar-refractivity contribution < 1.29 is 14.7 Å². The van der Waals surface area contributed by atoms with Crippen molar-refractivity contribution in [3.63, 3.8) is 0 Å². The molecular weight excluding hydrogens is 186 g/mol. The van der Waals surface area contributed by atoms with E-state index in [1.165, 1.54) is 11.6 Å². The summed E-state index contributed by atoms with van der Waals surface area (Å²) in [4.78, 5) is 21.4. The second-order valence-electron chi connectivity index (χ2n) is 2.82. The normalized spacial score (nSPS) is 12.1. The smallest absolute Gasteiger partial charge is 0.328 e. The molecule has 1 amide bonds. The van der Waals surface area contributed by atoms with Crippen molar-refractivity contribution in [1.29, 1.82) is 0 Å². The summed E-state index contributed by atoms with van der Waals surface area (Å²) in [5.41, 5.74) is 0. The van der Waals surface area contributed by atoms with Crippen LogP contribution < -0.4 is 5.32 Å². The fourth-order valence-corrected chi connectivity index (χ4v) is 1.03. The van der Waals surface area contributed by atoms with E-state index in [0.29, 0.717) is 0 Å². The average Bonchev–Trinajstić information content (AvgIpc) is 2.54. The number of carbonyl (C=O) groups is 2. The van der Waals surface area contributed by atoms with Crippen molar-refractivity contribution >= 4 is 11.9 Å². The lowest BCUT2D eigenvalue weighted by Gasteiger charge is -2.12. The highest BCUT2D eigenvalue weighted by molar-refractivity contribution is 5.81. The van der Waals surface area contributed by atoms with Gasteiger partial charge < -0.3 is 10.4 Å². The first kappa shape index (κ1) is 10.2. The third-order valence-corrected chi connectivity index (χ3v) is 1.60. The van der Waals surface area contributed by atoms with Gasteiger partial charge in [-0.15, -0.1) is 0 Å². The lowest BCUT2D eigenvalue weighted by Crippen LogP contribution is -2.42. The summed E-state index contributed by atoms with van der Waals surface area (Å²) in [6.07, 6.45) is 3.18. The first-order chi connectivity index (χ1) is 6.59. The average molecular weight is 197 g/mol. The maximum absolute atomic E-state index is 10.7. The van der Waals surface area contributed by atoms with Crippen LogP contribution in [0.3, 0.4) is 0 Å². The Hall–Kier alpha value is -1.85. The van der Waals surface area contributed by atoms with E-state index in [1.807, 2.05) is 0 Å². The summed E-state index contributed by atoms with van der Waals surface area (Å²) >= 11 is 0.